The van der Waals surface area contributed by atoms with Gasteiger partial charge in [0.05, 0.1) is 35.9 Å². The van der Waals surface area contributed by atoms with E-state index in [4.69, 9.17) is 10.5 Å². The quantitative estimate of drug-likeness (QED) is 0.643. The summed E-state index contributed by atoms with van der Waals surface area (Å²) in [5.41, 5.74) is 13.0. The zero-order valence-corrected chi connectivity index (χ0v) is 15.5. The SMILES string of the molecule is NCc1nn2c(c1C(=O)Nc1ccc(-c3n[nH]c4c3COCC4)cc1)CCC2. The molecule has 0 unspecified atom stereocenters. The van der Waals surface area contributed by atoms with Gasteiger partial charge in [0.2, 0.25) is 0 Å². The summed E-state index contributed by atoms with van der Waals surface area (Å²) in [6.07, 6.45) is 2.73. The molecule has 1 aromatic carbocycles. The fourth-order valence-corrected chi connectivity index (χ4v) is 4.05. The van der Waals surface area contributed by atoms with Gasteiger partial charge in [-0.1, -0.05) is 12.1 Å². The van der Waals surface area contributed by atoms with Crippen molar-refractivity contribution in [2.24, 2.45) is 5.73 Å². The highest BCUT2D eigenvalue weighted by molar-refractivity contribution is 6.06. The second-order valence-corrected chi connectivity index (χ2v) is 7.16. The average molecular weight is 378 g/mol. The lowest BCUT2D eigenvalue weighted by Gasteiger charge is -2.12. The van der Waals surface area contributed by atoms with E-state index in [0.717, 1.165) is 66.3 Å². The Balaban J connectivity index is 1.37. The van der Waals surface area contributed by atoms with Gasteiger partial charge in [-0.25, -0.2) is 0 Å². The third-order valence-corrected chi connectivity index (χ3v) is 5.45. The van der Waals surface area contributed by atoms with Gasteiger partial charge in [0.1, 0.15) is 0 Å². The Morgan fingerprint density at radius 1 is 1.29 bits per heavy atom. The van der Waals surface area contributed by atoms with Crippen LogP contribution < -0.4 is 11.1 Å². The molecule has 144 valence electrons. The van der Waals surface area contributed by atoms with Crippen LogP contribution in [0.15, 0.2) is 24.3 Å². The van der Waals surface area contributed by atoms with Crippen molar-refractivity contribution in [1.29, 1.82) is 0 Å². The number of aromatic nitrogens is 4. The number of carbonyl (C=O) groups is 1. The van der Waals surface area contributed by atoms with Crippen LogP contribution in [-0.4, -0.2) is 32.5 Å². The molecular formula is C20H22N6O2. The maximum atomic E-state index is 12.9. The standard InChI is InChI=1S/C20H22N6O2/c21-10-16-18(17-2-1-8-26(17)25-16)20(27)22-13-5-3-12(4-6-13)19-14-11-28-9-7-15(14)23-24-19/h3-6H,1-2,7-11,21H2,(H,22,27)(H,23,24). The molecule has 3 aromatic rings. The third-order valence-electron chi connectivity index (χ3n) is 5.45. The number of aromatic amines is 1. The summed E-state index contributed by atoms with van der Waals surface area (Å²) in [6, 6.07) is 7.72. The van der Waals surface area contributed by atoms with Gasteiger partial charge >= 0.3 is 0 Å². The van der Waals surface area contributed by atoms with E-state index < -0.39 is 0 Å². The van der Waals surface area contributed by atoms with Crippen molar-refractivity contribution >= 4 is 11.6 Å². The molecule has 0 fully saturated rings. The van der Waals surface area contributed by atoms with E-state index in [1.54, 1.807) is 0 Å². The molecule has 2 aliphatic rings. The zero-order chi connectivity index (χ0) is 19.1. The molecule has 4 N–H and O–H groups in total. The lowest BCUT2D eigenvalue weighted by Crippen LogP contribution is -2.16. The maximum absolute atomic E-state index is 12.9. The van der Waals surface area contributed by atoms with Gasteiger partial charge in [0, 0.05) is 42.0 Å². The van der Waals surface area contributed by atoms with E-state index in [1.165, 1.54) is 0 Å². The molecule has 0 atom stereocenters. The predicted molar refractivity (Wildman–Crippen MR) is 104 cm³/mol. The lowest BCUT2D eigenvalue weighted by molar-refractivity contribution is 0.102. The Morgan fingerprint density at radius 2 is 2.14 bits per heavy atom. The normalized spacial score (nSPS) is 15.3. The first-order valence-corrected chi connectivity index (χ1v) is 9.59. The largest absolute Gasteiger partial charge is 0.376 e. The number of nitrogens with one attached hydrogen (secondary N) is 2. The molecule has 0 aliphatic carbocycles. The van der Waals surface area contributed by atoms with E-state index in [-0.39, 0.29) is 12.5 Å². The number of hydrogen-bond acceptors (Lipinski definition) is 5. The molecule has 4 heterocycles. The van der Waals surface area contributed by atoms with Crippen molar-refractivity contribution in [3.05, 3.63) is 52.5 Å². The van der Waals surface area contributed by atoms with E-state index in [9.17, 15) is 4.79 Å². The fourth-order valence-electron chi connectivity index (χ4n) is 4.05. The lowest BCUT2D eigenvalue weighted by atomic mass is 10.0. The van der Waals surface area contributed by atoms with Gasteiger partial charge in [0.15, 0.2) is 0 Å². The number of ether oxygens (including phenoxy) is 1. The predicted octanol–water partition coefficient (Wildman–Crippen LogP) is 2.00. The van der Waals surface area contributed by atoms with Crippen LogP contribution in [-0.2, 0) is 37.3 Å². The Morgan fingerprint density at radius 3 is 2.96 bits per heavy atom. The molecule has 28 heavy (non-hydrogen) atoms. The highest BCUT2D eigenvalue weighted by Crippen LogP contribution is 2.29. The van der Waals surface area contributed by atoms with Gasteiger partial charge in [-0.2, -0.15) is 10.2 Å². The Kier molecular flexibility index (Phi) is 4.22. The number of amides is 1. The van der Waals surface area contributed by atoms with Crippen molar-refractivity contribution in [3.63, 3.8) is 0 Å². The van der Waals surface area contributed by atoms with Crippen LogP contribution in [0.3, 0.4) is 0 Å². The van der Waals surface area contributed by atoms with E-state index in [0.29, 0.717) is 17.9 Å². The molecule has 0 radical (unpaired) electrons. The number of aryl methyl sites for hydroxylation is 1. The molecule has 8 nitrogen and oxygen atoms in total. The summed E-state index contributed by atoms with van der Waals surface area (Å²) in [5, 5.41) is 15.0. The molecule has 0 bridgehead atoms. The van der Waals surface area contributed by atoms with Crippen molar-refractivity contribution in [3.8, 4) is 11.3 Å². The van der Waals surface area contributed by atoms with Gasteiger partial charge in [-0.15, -0.1) is 0 Å². The second-order valence-electron chi connectivity index (χ2n) is 7.16. The smallest absolute Gasteiger partial charge is 0.259 e. The number of nitrogens with zero attached hydrogens (tertiary/aromatic N) is 3. The van der Waals surface area contributed by atoms with Gasteiger partial charge in [-0.3, -0.25) is 14.6 Å². The Labute approximate surface area is 162 Å². The highest BCUT2D eigenvalue weighted by atomic mass is 16.5. The number of rotatable bonds is 4. The number of benzene rings is 1. The fraction of sp³-hybridized carbons (Fsp3) is 0.350. The summed E-state index contributed by atoms with van der Waals surface area (Å²) in [5.74, 6) is -0.151. The van der Waals surface area contributed by atoms with Crippen LogP contribution in [0.1, 0.15) is 39.4 Å². The summed E-state index contributed by atoms with van der Waals surface area (Å²) in [4.78, 5) is 12.9. The summed E-state index contributed by atoms with van der Waals surface area (Å²) < 4.78 is 7.46. The summed E-state index contributed by atoms with van der Waals surface area (Å²) in [6.45, 7) is 2.41. The number of hydrogen-bond donors (Lipinski definition) is 3. The molecular weight excluding hydrogens is 356 g/mol. The van der Waals surface area contributed by atoms with Crippen LogP contribution in [0.2, 0.25) is 0 Å². The molecule has 5 rings (SSSR count). The van der Waals surface area contributed by atoms with Gasteiger partial charge in [-0.05, 0) is 25.0 Å². The van der Waals surface area contributed by atoms with Crippen LogP contribution in [0.5, 0.6) is 0 Å². The minimum absolute atomic E-state index is 0.151. The van der Waals surface area contributed by atoms with Crippen molar-refractivity contribution in [2.75, 3.05) is 11.9 Å². The average Bonchev–Trinajstić information content (AvgIpc) is 3.42. The van der Waals surface area contributed by atoms with Gasteiger partial charge < -0.3 is 15.8 Å². The minimum Gasteiger partial charge on any atom is -0.376 e. The van der Waals surface area contributed by atoms with Crippen LogP contribution in [0.4, 0.5) is 5.69 Å². The second kappa shape index (κ2) is 6.88. The maximum Gasteiger partial charge on any atom is 0.259 e. The molecule has 8 heteroatoms. The van der Waals surface area contributed by atoms with Gasteiger partial charge in [0.25, 0.3) is 5.91 Å². The highest BCUT2D eigenvalue weighted by Gasteiger charge is 2.26. The zero-order valence-electron chi connectivity index (χ0n) is 15.5. The Hall–Kier alpha value is -2.97. The molecule has 1 amide bonds. The number of carbonyl (C=O) groups excluding carboxylic acids is 1. The number of H-pyrrole nitrogens is 1. The monoisotopic (exact) mass is 378 g/mol. The Bertz CT molecular complexity index is 1030. The van der Waals surface area contributed by atoms with Crippen molar-refractivity contribution < 1.29 is 9.53 Å². The van der Waals surface area contributed by atoms with E-state index in [1.807, 2.05) is 28.9 Å². The summed E-state index contributed by atoms with van der Waals surface area (Å²) in [7, 11) is 0. The van der Waals surface area contributed by atoms with Crippen LogP contribution in [0, 0.1) is 0 Å². The number of fused-ring (bicyclic) bond motifs is 2. The van der Waals surface area contributed by atoms with E-state index >= 15 is 0 Å². The molecule has 2 aliphatic heterocycles. The minimum atomic E-state index is -0.151. The first kappa shape index (κ1) is 17.2. The molecule has 0 saturated carbocycles. The topological polar surface area (TPSA) is 111 Å². The third kappa shape index (κ3) is 2.81. The number of anilines is 1. The first-order chi connectivity index (χ1) is 13.7. The molecule has 0 spiro atoms. The van der Waals surface area contributed by atoms with Crippen molar-refractivity contribution in [2.45, 2.75) is 39.0 Å². The molecule has 2 aromatic heterocycles. The first-order valence-electron chi connectivity index (χ1n) is 9.59. The van der Waals surface area contributed by atoms with E-state index in [2.05, 4.69) is 20.6 Å². The van der Waals surface area contributed by atoms with Crippen LogP contribution in [0.25, 0.3) is 11.3 Å². The summed E-state index contributed by atoms with van der Waals surface area (Å²) >= 11 is 0. The number of nitrogens with two attached hydrogens (primary N) is 1. The molecule has 0 saturated heterocycles. The van der Waals surface area contributed by atoms with Crippen LogP contribution >= 0.6 is 0 Å². The van der Waals surface area contributed by atoms with Crippen molar-refractivity contribution in [1.82, 2.24) is 20.0 Å².